The Balaban J connectivity index is 0.000000177. The fraction of sp³-hybridized carbons (Fsp3) is 0.524. The molecule has 8 heterocycles. The predicted molar refractivity (Wildman–Crippen MR) is 309 cm³/mol. The summed E-state index contributed by atoms with van der Waals surface area (Å²) in [4.78, 5) is 33.6. The van der Waals surface area contributed by atoms with Crippen LogP contribution in [-0.2, 0) is 44.7 Å². The lowest BCUT2D eigenvalue weighted by atomic mass is 9.71. The Morgan fingerprint density at radius 3 is 1.48 bits per heavy atom. The molecule has 4 bridgehead atoms. The number of benzene rings is 4. The molecule has 0 radical (unpaired) electrons. The first-order valence-corrected chi connectivity index (χ1v) is 28.7. The molecule has 8 aliphatic heterocycles. The number of phenolic OH excluding ortho intramolecular Hbond substituents is 1. The van der Waals surface area contributed by atoms with Crippen LogP contribution in [0.25, 0.3) is 0 Å². The Labute approximate surface area is 495 Å². The standard InChI is InChI=1S/C33H40N4O7.C30H36N4O7/c1-8-9-41-30-18(3)31-33(44-16-43-31)27-21(30)12-23-28-26-20(10-17(2)29(40-7)32(26)42-15-39-6)11-22(36(28)5)24(13-34)37(23)25(27)14-35-19(4)38;1-14-7-17-8-19-21(10-31)34-20(25(33(19)4)23(17)29(27(14)38-6)39-12-37-5)9-18-24(22(34)11-32-16(3)35)30-28(40-13-41-30)15(2)26(18)36/h8,10,22-25,28H,1,9,11-12,14-16H2,2-7H3,(H,35,38);7,19-22,25,36H,8-9,11-13H2,1-6H3,(H,32,35)/t22-,23?,24-,25-,28-;19-,20?,21-,22-,25-/m00/s1. The number of rotatable bonds is 15. The fourth-order valence-electron chi connectivity index (χ4n) is 15.4. The molecule has 2 amide bonds. The number of aromatic hydroxyl groups is 1. The summed E-state index contributed by atoms with van der Waals surface area (Å²) in [5.41, 5.74) is 11.1. The molecule has 2 unspecified atom stereocenters. The number of likely N-dealkylation sites (N-methyl/N-ethyl adjacent to an activating group) is 2. The van der Waals surface area contributed by atoms with Crippen molar-refractivity contribution in [3.8, 4) is 69.6 Å². The van der Waals surface area contributed by atoms with E-state index in [4.69, 9.17) is 52.1 Å². The molecule has 2 fully saturated rings. The summed E-state index contributed by atoms with van der Waals surface area (Å²) in [5, 5.41) is 39.0. The highest BCUT2D eigenvalue weighted by molar-refractivity contribution is 5.74. The molecule has 22 nitrogen and oxygen atoms in total. The summed E-state index contributed by atoms with van der Waals surface area (Å²) in [5.74, 6) is 5.53. The van der Waals surface area contributed by atoms with Crippen LogP contribution in [0, 0.1) is 50.4 Å². The van der Waals surface area contributed by atoms with Crippen LogP contribution >= 0.6 is 0 Å². The normalized spacial score (nSPS) is 25.3. The summed E-state index contributed by atoms with van der Waals surface area (Å²) < 4.78 is 65.0. The molecule has 22 heteroatoms. The number of carbonyl (C=O) groups is 2. The third-order valence-electron chi connectivity index (χ3n) is 18.6. The monoisotopic (exact) mass is 1170 g/mol. The zero-order chi connectivity index (χ0) is 60.4. The minimum atomic E-state index is -0.492. The zero-order valence-corrected chi connectivity index (χ0v) is 50.4. The lowest BCUT2D eigenvalue weighted by Crippen LogP contribution is -2.68. The SMILES string of the molecule is C=CCOc1c(C)c2c(c3c1CC1[C@H]4c5c(cc(C)c(OC)c5OCOC)C[C@@H]([C@H](C#N)N1[C@H]3CNC(C)=O)N4C)OCO2.COCOc1c(OC)c(C)cc2c1[C@@H]1C3Cc4c(O)c(C)c5c(c4[C@H](CNC(C)=O)N3[C@@H](C#N)[C@H](C2)N1C)OCO5. The van der Waals surface area contributed by atoms with Crippen LogP contribution in [-0.4, -0.2) is 162 Å². The molecule has 0 saturated carbocycles. The number of hydrogen-bond donors (Lipinski definition) is 3. The first-order valence-electron chi connectivity index (χ1n) is 28.7. The molecule has 0 aromatic heterocycles. The number of hydrogen-bond acceptors (Lipinski definition) is 20. The van der Waals surface area contributed by atoms with Gasteiger partial charge in [-0.1, -0.05) is 24.8 Å². The first kappa shape index (κ1) is 59.0. The Hall–Kier alpha value is -7.70. The van der Waals surface area contributed by atoms with Crippen molar-refractivity contribution in [2.45, 2.75) is 128 Å². The van der Waals surface area contributed by atoms with Gasteiger partial charge in [-0.3, -0.25) is 29.2 Å². The van der Waals surface area contributed by atoms with Crippen LogP contribution in [0.1, 0.15) is 105 Å². The van der Waals surface area contributed by atoms with Crippen LogP contribution in [0.4, 0.5) is 0 Å². The van der Waals surface area contributed by atoms with E-state index < -0.39 is 18.1 Å². The van der Waals surface area contributed by atoms with Gasteiger partial charge in [-0.2, -0.15) is 10.5 Å². The van der Waals surface area contributed by atoms with Gasteiger partial charge in [-0.25, -0.2) is 0 Å². The van der Waals surface area contributed by atoms with Crippen molar-refractivity contribution in [1.29, 1.82) is 10.5 Å². The maximum atomic E-state index is 12.3. The van der Waals surface area contributed by atoms with Crippen molar-refractivity contribution in [2.24, 2.45) is 0 Å². The Morgan fingerprint density at radius 2 is 1.06 bits per heavy atom. The number of carbonyl (C=O) groups excluding carboxylic acids is 2. The van der Waals surface area contributed by atoms with Gasteiger partial charge in [0, 0.05) is 110 Å². The van der Waals surface area contributed by atoms with Crippen molar-refractivity contribution in [2.75, 3.05) is 89.4 Å². The van der Waals surface area contributed by atoms with Gasteiger partial charge in [0.2, 0.25) is 25.4 Å². The Bertz CT molecular complexity index is 3430. The molecule has 0 spiro atoms. The number of nitrogens with zero attached hydrogens (tertiary/aromatic N) is 6. The van der Waals surface area contributed by atoms with Gasteiger partial charge in [0.05, 0.1) is 50.5 Å². The fourth-order valence-corrected chi connectivity index (χ4v) is 15.4. The molecular formula is C63H76N8O14. The summed E-state index contributed by atoms with van der Waals surface area (Å²) in [6.45, 7) is 15.7. The van der Waals surface area contributed by atoms with Crippen LogP contribution in [0.5, 0.6) is 57.5 Å². The molecule has 12 rings (SSSR count). The predicted octanol–water partition coefficient (Wildman–Crippen LogP) is 6.13. The van der Waals surface area contributed by atoms with Gasteiger partial charge in [-0.05, 0) is 89.7 Å². The van der Waals surface area contributed by atoms with E-state index in [-0.39, 0.29) is 100 Å². The molecule has 452 valence electrons. The van der Waals surface area contributed by atoms with Crippen LogP contribution in [0.15, 0.2) is 24.8 Å². The van der Waals surface area contributed by atoms with E-state index >= 15 is 0 Å². The molecule has 4 aromatic carbocycles. The number of ether oxygens (including phenoxy) is 11. The van der Waals surface area contributed by atoms with Gasteiger partial charge in [0.1, 0.15) is 30.2 Å². The van der Waals surface area contributed by atoms with E-state index in [0.717, 1.165) is 66.9 Å². The number of fused-ring (bicyclic) bond motifs is 18. The van der Waals surface area contributed by atoms with Gasteiger partial charge >= 0.3 is 0 Å². The third kappa shape index (κ3) is 9.52. The lowest BCUT2D eigenvalue weighted by Gasteiger charge is -2.60. The minimum Gasteiger partial charge on any atom is -0.507 e. The van der Waals surface area contributed by atoms with E-state index in [1.807, 2.05) is 27.7 Å². The van der Waals surface area contributed by atoms with E-state index in [1.165, 1.54) is 13.8 Å². The number of methoxy groups -OCH3 is 4. The Morgan fingerprint density at radius 1 is 0.624 bits per heavy atom. The van der Waals surface area contributed by atoms with Gasteiger partial charge < -0.3 is 67.8 Å². The molecule has 85 heavy (non-hydrogen) atoms. The van der Waals surface area contributed by atoms with Crippen LogP contribution in [0.2, 0.25) is 0 Å². The van der Waals surface area contributed by atoms with Crippen LogP contribution < -0.4 is 53.3 Å². The number of amides is 2. The lowest BCUT2D eigenvalue weighted by molar-refractivity contribution is -0.120. The number of nitriles is 2. The second-order valence-corrected chi connectivity index (χ2v) is 23.1. The first-order chi connectivity index (χ1) is 41.0. The summed E-state index contributed by atoms with van der Waals surface area (Å²) in [7, 11) is 10.6. The quantitative estimate of drug-likeness (QED) is 0.0896. The second kappa shape index (κ2) is 23.6. The number of aryl methyl sites for hydroxylation is 2. The summed E-state index contributed by atoms with van der Waals surface area (Å²) in [6, 6.07) is 6.77. The van der Waals surface area contributed by atoms with Crippen molar-refractivity contribution in [3.05, 3.63) is 91.5 Å². The second-order valence-electron chi connectivity index (χ2n) is 23.1. The van der Waals surface area contributed by atoms with Gasteiger partial charge in [-0.15, -0.1) is 0 Å². The van der Waals surface area contributed by atoms with Gasteiger partial charge in [0.25, 0.3) is 0 Å². The number of phenols is 1. The molecule has 2 saturated heterocycles. The summed E-state index contributed by atoms with van der Waals surface area (Å²) in [6.07, 6.45) is 4.02. The summed E-state index contributed by atoms with van der Waals surface area (Å²) >= 11 is 0. The smallest absolute Gasteiger partial charge is 0.231 e. The van der Waals surface area contributed by atoms with Gasteiger partial charge in [0.15, 0.2) is 59.6 Å². The third-order valence-corrected chi connectivity index (χ3v) is 18.6. The van der Waals surface area contributed by atoms with Crippen molar-refractivity contribution in [3.63, 3.8) is 0 Å². The van der Waals surface area contributed by atoms with E-state index in [0.29, 0.717) is 83.8 Å². The van der Waals surface area contributed by atoms with E-state index in [9.17, 15) is 25.2 Å². The highest BCUT2D eigenvalue weighted by atomic mass is 16.7. The molecule has 10 atom stereocenters. The average molecular weight is 1170 g/mol. The highest BCUT2D eigenvalue weighted by Gasteiger charge is 2.59. The van der Waals surface area contributed by atoms with Crippen LogP contribution in [0.3, 0.4) is 0 Å². The molecule has 4 aromatic rings. The average Bonchev–Trinajstić information content (AvgIpc) is 1.36. The molecule has 8 aliphatic rings. The Kier molecular flexibility index (Phi) is 16.4. The van der Waals surface area contributed by atoms with Crippen molar-refractivity contribution in [1.82, 2.24) is 30.2 Å². The molecule has 0 aliphatic carbocycles. The van der Waals surface area contributed by atoms with Crippen molar-refractivity contribution < 1.29 is 66.8 Å². The largest absolute Gasteiger partial charge is 0.507 e. The highest BCUT2D eigenvalue weighted by Crippen LogP contribution is 2.61. The topological polar surface area (TPSA) is 240 Å². The van der Waals surface area contributed by atoms with E-state index in [1.54, 1.807) is 34.5 Å². The zero-order valence-electron chi connectivity index (χ0n) is 50.4. The molecular weight excluding hydrogens is 1090 g/mol. The van der Waals surface area contributed by atoms with Crippen molar-refractivity contribution >= 4 is 11.8 Å². The number of nitrogens with one attached hydrogen (secondary N) is 2. The maximum absolute atomic E-state index is 12.3. The maximum Gasteiger partial charge on any atom is 0.231 e. The minimum absolute atomic E-state index is 0.0464. The number of piperazine rings is 2. The van der Waals surface area contributed by atoms with E-state index in [2.05, 4.69) is 75.2 Å². The molecule has 3 N–H and O–H groups in total.